The Hall–Kier alpha value is -1.46. The fourth-order valence-electron chi connectivity index (χ4n) is 1.72. The van der Waals surface area contributed by atoms with E-state index in [4.69, 9.17) is 0 Å². The van der Waals surface area contributed by atoms with Gasteiger partial charge in [0, 0.05) is 17.8 Å². The lowest BCUT2D eigenvalue weighted by molar-refractivity contribution is 0.787. The van der Waals surface area contributed by atoms with Crippen LogP contribution >= 0.6 is 22.7 Å². The van der Waals surface area contributed by atoms with Gasteiger partial charge in [-0.3, -0.25) is 0 Å². The second-order valence-corrected chi connectivity index (χ2v) is 5.72. The Morgan fingerprint density at radius 3 is 3.00 bits per heavy atom. The van der Waals surface area contributed by atoms with Crippen LogP contribution in [0.25, 0.3) is 10.7 Å². The smallest absolute Gasteiger partial charge is 0.150 e. The SMILES string of the molecule is Cc1nc(Cn2ccnc2-c2cccs2)cs1. The molecule has 0 amide bonds. The van der Waals surface area contributed by atoms with E-state index in [0.29, 0.717) is 0 Å². The monoisotopic (exact) mass is 261 g/mol. The van der Waals surface area contributed by atoms with E-state index in [1.807, 2.05) is 25.4 Å². The molecule has 3 rings (SSSR count). The Kier molecular flexibility index (Phi) is 2.78. The maximum absolute atomic E-state index is 4.48. The first kappa shape index (κ1) is 10.7. The first-order valence-electron chi connectivity index (χ1n) is 5.29. The second kappa shape index (κ2) is 4.43. The number of hydrogen-bond acceptors (Lipinski definition) is 4. The summed E-state index contributed by atoms with van der Waals surface area (Å²) in [6.45, 7) is 2.82. The van der Waals surface area contributed by atoms with Gasteiger partial charge in [-0.1, -0.05) is 6.07 Å². The van der Waals surface area contributed by atoms with Crippen molar-refractivity contribution >= 4 is 22.7 Å². The van der Waals surface area contributed by atoms with Crippen LogP contribution in [0.5, 0.6) is 0 Å². The van der Waals surface area contributed by atoms with Crippen LogP contribution in [-0.2, 0) is 6.54 Å². The summed E-state index contributed by atoms with van der Waals surface area (Å²) in [6.07, 6.45) is 3.85. The van der Waals surface area contributed by atoms with E-state index < -0.39 is 0 Å². The van der Waals surface area contributed by atoms with Crippen molar-refractivity contribution in [1.29, 1.82) is 0 Å². The van der Waals surface area contributed by atoms with E-state index in [1.165, 1.54) is 4.88 Å². The third kappa shape index (κ3) is 2.16. The van der Waals surface area contributed by atoms with E-state index in [-0.39, 0.29) is 0 Å². The highest BCUT2D eigenvalue weighted by molar-refractivity contribution is 7.13. The molecular formula is C12H11N3S2. The Labute approximate surface area is 107 Å². The maximum Gasteiger partial charge on any atom is 0.150 e. The molecule has 3 heterocycles. The van der Waals surface area contributed by atoms with Gasteiger partial charge in [-0.15, -0.1) is 22.7 Å². The molecular weight excluding hydrogens is 250 g/mol. The molecule has 0 saturated heterocycles. The molecule has 0 aliphatic heterocycles. The number of hydrogen-bond donors (Lipinski definition) is 0. The molecule has 0 aliphatic carbocycles. The molecule has 0 saturated carbocycles. The third-order valence-electron chi connectivity index (χ3n) is 2.46. The molecule has 3 nitrogen and oxygen atoms in total. The summed E-state index contributed by atoms with van der Waals surface area (Å²) in [5.74, 6) is 1.02. The van der Waals surface area contributed by atoms with Crippen LogP contribution in [-0.4, -0.2) is 14.5 Å². The molecule has 86 valence electrons. The molecule has 0 N–H and O–H groups in total. The molecule has 3 aromatic rings. The molecule has 5 heteroatoms. The quantitative estimate of drug-likeness (QED) is 0.723. The predicted octanol–water partition coefficient (Wildman–Crippen LogP) is 3.42. The molecule has 0 spiro atoms. The Morgan fingerprint density at radius 1 is 1.35 bits per heavy atom. The summed E-state index contributed by atoms with van der Waals surface area (Å²) < 4.78 is 2.14. The molecule has 0 atom stereocenters. The maximum atomic E-state index is 4.48. The molecule has 0 aromatic carbocycles. The van der Waals surface area contributed by atoms with Crippen LogP contribution in [0.15, 0.2) is 35.3 Å². The van der Waals surface area contributed by atoms with E-state index >= 15 is 0 Å². The second-order valence-electron chi connectivity index (χ2n) is 3.71. The van der Waals surface area contributed by atoms with Crippen molar-refractivity contribution in [2.45, 2.75) is 13.5 Å². The van der Waals surface area contributed by atoms with Gasteiger partial charge < -0.3 is 4.57 Å². The van der Waals surface area contributed by atoms with Crippen molar-refractivity contribution in [2.75, 3.05) is 0 Å². The fraction of sp³-hybridized carbons (Fsp3) is 0.167. The van der Waals surface area contributed by atoms with Crippen molar-refractivity contribution in [1.82, 2.24) is 14.5 Å². The molecule has 0 unspecified atom stereocenters. The zero-order valence-corrected chi connectivity index (χ0v) is 11.0. The van der Waals surface area contributed by atoms with Gasteiger partial charge in [-0.25, -0.2) is 9.97 Å². The Morgan fingerprint density at radius 2 is 2.29 bits per heavy atom. The average molecular weight is 261 g/mol. The zero-order chi connectivity index (χ0) is 11.7. The van der Waals surface area contributed by atoms with E-state index in [1.54, 1.807) is 22.7 Å². The number of thiazole rings is 1. The topological polar surface area (TPSA) is 30.7 Å². The highest BCUT2D eigenvalue weighted by Gasteiger charge is 2.08. The summed E-state index contributed by atoms with van der Waals surface area (Å²) in [7, 11) is 0. The number of aromatic nitrogens is 3. The highest BCUT2D eigenvalue weighted by Crippen LogP contribution is 2.23. The summed E-state index contributed by atoms with van der Waals surface area (Å²) >= 11 is 3.40. The summed E-state index contributed by atoms with van der Waals surface area (Å²) in [4.78, 5) is 10.1. The van der Waals surface area contributed by atoms with Crippen LogP contribution < -0.4 is 0 Å². The van der Waals surface area contributed by atoms with Gasteiger partial charge in [0.25, 0.3) is 0 Å². The first-order chi connectivity index (χ1) is 8.33. The van der Waals surface area contributed by atoms with Gasteiger partial charge >= 0.3 is 0 Å². The average Bonchev–Trinajstić information content (AvgIpc) is 3.00. The lowest BCUT2D eigenvalue weighted by atomic mass is 10.4. The van der Waals surface area contributed by atoms with Crippen molar-refractivity contribution in [3.05, 3.63) is 46.0 Å². The van der Waals surface area contributed by atoms with Gasteiger partial charge in [0.05, 0.1) is 22.1 Å². The molecule has 0 fully saturated rings. The Balaban J connectivity index is 1.92. The van der Waals surface area contributed by atoms with Crippen LogP contribution in [0.2, 0.25) is 0 Å². The van der Waals surface area contributed by atoms with E-state index in [9.17, 15) is 0 Å². The number of nitrogens with zero attached hydrogens (tertiary/aromatic N) is 3. The number of thiophene rings is 1. The van der Waals surface area contributed by atoms with Crippen LogP contribution in [0.3, 0.4) is 0 Å². The van der Waals surface area contributed by atoms with Gasteiger partial charge in [-0.2, -0.15) is 0 Å². The standard InChI is InChI=1S/C12H11N3S2/c1-9-14-10(8-17-9)7-15-5-4-13-12(15)11-3-2-6-16-11/h2-6,8H,7H2,1H3. The molecule has 0 radical (unpaired) electrons. The van der Waals surface area contributed by atoms with E-state index in [0.717, 1.165) is 23.1 Å². The van der Waals surface area contributed by atoms with Gasteiger partial charge in [-0.05, 0) is 18.4 Å². The lowest BCUT2D eigenvalue weighted by Crippen LogP contribution is -2.00. The first-order valence-corrected chi connectivity index (χ1v) is 7.05. The summed E-state index contributed by atoms with van der Waals surface area (Å²) in [5, 5.41) is 5.28. The summed E-state index contributed by atoms with van der Waals surface area (Å²) in [5.41, 5.74) is 1.10. The van der Waals surface area contributed by atoms with Gasteiger partial charge in [0.2, 0.25) is 0 Å². The number of imidazole rings is 1. The van der Waals surface area contributed by atoms with Crippen LogP contribution in [0, 0.1) is 6.92 Å². The van der Waals surface area contributed by atoms with Gasteiger partial charge in [0.15, 0.2) is 0 Å². The molecule has 0 bridgehead atoms. The van der Waals surface area contributed by atoms with Crippen molar-refractivity contribution < 1.29 is 0 Å². The molecule has 0 aliphatic rings. The van der Waals surface area contributed by atoms with Gasteiger partial charge in [0.1, 0.15) is 5.82 Å². The number of rotatable bonds is 3. The zero-order valence-electron chi connectivity index (χ0n) is 9.33. The normalized spacial score (nSPS) is 10.9. The predicted molar refractivity (Wildman–Crippen MR) is 71.5 cm³/mol. The van der Waals surface area contributed by atoms with Crippen LogP contribution in [0.1, 0.15) is 10.7 Å². The molecule has 17 heavy (non-hydrogen) atoms. The van der Waals surface area contributed by atoms with E-state index in [2.05, 4.69) is 31.4 Å². The largest absolute Gasteiger partial charge is 0.324 e. The van der Waals surface area contributed by atoms with Crippen molar-refractivity contribution in [3.8, 4) is 10.7 Å². The minimum atomic E-state index is 0.789. The minimum absolute atomic E-state index is 0.789. The summed E-state index contributed by atoms with van der Waals surface area (Å²) in [6, 6.07) is 4.14. The Bertz CT molecular complexity index is 607. The third-order valence-corrected chi connectivity index (χ3v) is 4.14. The van der Waals surface area contributed by atoms with Crippen LogP contribution in [0.4, 0.5) is 0 Å². The van der Waals surface area contributed by atoms with Crippen molar-refractivity contribution in [3.63, 3.8) is 0 Å². The van der Waals surface area contributed by atoms with Crippen molar-refractivity contribution in [2.24, 2.45) is 0 Å². The molecule has 3 aromatic heterocycles. The lowest BCUT2D eigenvalue weighted by Gasteiger charge is -2.03. The number of aryl methyl sites for hydroxylation is 1. The highest BCUT2D eigenvalue weighted by atomic mass is 32.1. The fourth-order valence-corrected chi connectivity index (χ4v) is 3.06. The minimum Gasteiger partial charge on any atom is -0.324 e.